The summed E-state index contributed by atoms with van der Waals surface area (Å²) < 4.78 is 27.3. The second-order valence-electron chi connectivity index (χ2n) is 6.25. The first kappa shape index (κ1) is 20.6. The Morgan fingerprint density at radius 3 is 2.17 bits per heavy atom. The van der Waals surface area contributed by atoms with E-state index in [4.69, 9.17) is 11.6 Å². The number of amides is 1. The zero-order chi connectivity index (χ0) is 20.9. The van der Waals surface area contributed by atoms with E-state index in [2.05, 4.69) is 15.2 Å². The lowest BCUT2D eigenvalue weighted by Crippen LogP contribution is -2.18. The van der Waals surface area contributed by atoms with Crippen LogP contribution >= 0.6 is 11.6 Å². The van der Waals surface area contributed by atoms with Gasteiger partial charge in [-0.15, -0.1) is 0 Å². The molecule has 29 heavy (non-hydrogen) atoms. The molecule has 0 aliphatic rings. The van der Waals surface area contributed by atoms with Gasteiger partial charge in [0.1, 0.15) is 0 Å². The molecule has 3 rings (SSSR count). The fourth-order valence-electron chi connectivity index (χ4n) is 2.40. The van der Waals surface area contributed by atoms with Crippen LogP contribution in [0.15, 0.2) is 82.8 Å². The Balaban J connectivity index is 1.62. The molecule has 0 aliphatic carbocycles. The summed E-state index contributed by atoms with van der Waals surface area (Å²) in [6.07, 6.45) is 1.50. The van der Waals surface area contributed by atoms with Crippen LogP contribution in [0.3, 0.4) is 0 Å². The van der Waals surface area contributed by atoms with E-state index in [1.165, 1.54) is 42.6 Å². The Hall–Kier alpha value is -3.16. The van der Waals surface area contributed by atoms with Crippen LogP contribution in [0.1, 0.15) is 21.5 Å². The first-order valence-corrected chi connectivity index (χ1v) is 10.5. The molecule has 1 amide bonds. The summed E-state index contributed by atoms with van der Waals surface area (Å²) in [4.78, 5) is 12.3. The first-order valence-electron chi connectivity index (χ1n) is 8.62. The number of nitrogens with one attached hydrogen (secondary N) is 2. The highest BCUT2D eigenvalue weighted by molar-refractivity contribution is 7.92. The smallest absolute Gasteiger partial charge is 0.271 e. The average Bonchev–Trinajstić information content (AvgIpc) is 2.70. The topological polar surface area (TPSA) is 87.6 Å². The van der Waals surface area contributed by atoms with Crippen LogP contribution in [0.4, 0.5) is 5.69 Å². The summed E-state index contributed by atoms with van der Waals surface area (Å²) in [7, 11) is -3.69. The minimum Gasteiger partial charge on any atom is -0.280 e. The molecular weight excluding hydrogens is 410 g/mol. The maximum atomic E-state index is 12.4. The summed E-state index contributed by atoms with van der Waals surface area (Å²) in [5, 5.41) is 4.51. The predicted molar refractivity (Wildman–Crippen MR) is 115 cm³/mol. The Kier molecular flexibility index (Phi) is 6.31. The van der Waals surface area contributed by atoms with E-state index in [-0.39, 0.29) is 4.90 Å². The number of hydrogen-bond acceptors (Lipinski definition) is 4. The minimum absolute atomic E-state index is 0.168. The van der Waals surface area contributed by atoms with Crippen LogP contribution in [0.5, 0.6) is 0 Å². The molecule has 0 atom stereocenters. The Morgan fingerprint density at radius 1 is 0.931 bits per heavy atom. The fraction of sp³-hybridized carbons (Fsp3) is 0.0476. The minimum atomic E-state index is -3.69. The molecule has 0 heterocycles. The molecule has 2 N–H and O–H groups in total. The molecule has 0 radical (unpaired) electrons. The van der Waals surface area contributed by atoms with E-state index < -0.39 is 15.9 Å². The van der Waals surface area contributed by atoms with E-state index in [1.54, 1.807) is 36.4 Å². The molecule has 0 spiro atoms. The molecule has 8 heteroatoms. The second-order valence-corrected chi connectivity index (χ2v) is 8.37. The molecule has 3 aromatic rings. The quantitative estimate of drug-likeness (QED) is 0.456. The van der Waals surface area contributed by atoms with Gasteiger partial charge in [0.25, 0.3) is 15.9 Å². The largest absolute Gasteiger partial charge is 0.280 e. The highest BCUT2D eigenvalue weighted by Crippen LogP contribution is 2.17. The lowest BCUT2D eigenvalue weighted by molar-refractivity contribution is 0.0955. The van der Waals surface area contributed by atoms with Crippen LogP contribution in [0.25, 0.3) is 0 Å². The number of halogens is 1. The lowest BCUT2D eigenvalue weighted by atomic mass is 10.2. The number of carbonyl (C=O) groups is 1. The van der Waals surface area contributed by atoms with Gasteiger partial charge in [0.2, 0.25) is 0 Å². The van der Waals surface area contributed by atoms with E-state index in [9.17, 15) is 13.2 Å². The summed E-state index contributed by atoms with van der Waals surface area (Å²) in [6, 6.07) is 19.6. The van der Waals surface area contributed by atoms with Crippen molar-refractivity contribution in [2.45, 2.75) is 11.8 Å². The highest BCUT2D eigenvalue weighted by atomic mass is 35.5. The molecule has 0 fully saturated rings. The van der Waals surface area contributed by atoms with Gasteiger partial charge in [-0.05, 0) is 61.0 Å². The monoisotopic (exact) mass is 427 g/mol. The van der Waals surface area contributed by atoms with Gasteiger partial charge in [0.05, 0.1) is 11.1 Å². The summed E-state index contributed by atoms with van der Waals surface area (Å²) in [6.45, 7) is 1.88. The fourth-order valence-corrected chi connectivity index (χ4v) is 3.58. The molecule has 6 nitrogen and oxygen atoms in total. The number of nitrogens with zero attached hydrogens (tertiary/aromatic N) is 1. The van der Waals surface area contributed by atoms with Crippen molar-refractivity contribution in [3.63, 3.8) is 0 Å². The van der Waals surface area contributed by atoms with Crippen LogP contribution in [-0.2, 0) is 10.0 Å². The van der Waals surface area contributed by atoms with Gasteiger partial charge in [0.15, 0.2) is 0 Å². The molecule has 0 unspecified atom stereocenters. The zero-order valence-electron chi connectivity index (χ0n) is 15.5. The number of hydrogen-bond donors (Lipinski definition) is 2. The van der Waals surface area contributed by atoms with Gasteiger partial charge >= 0.3 is 0 Å². The summed E-state index contributed by atoms with van der Waals surface area (Å²) in [5.74, 6) is -0.414. The molecule has 148 valence electrons. The van der Waals surface area contributed by atoms with Crippen molar-refractivity contribution >= 4 is 39.4 Å². The van der Waals surface area contributed by atoms with Gasteiger partial charge in [-0.2, -0.15) is 5.10 Å². The SMILES string of the molecule is Cc1ccc(S(=O)(=O)Nc2ccc(C(=O)N/N=C/c3ccc(Cl)cc3)cc2)cc1. The predicted octanol–water partition coefficient (Wildman–Crippen LogP) is 4.21. The second kappa shape index (κ2) is 8.89. The lowest BCUT2D eigenvalue weighted by Gasteiger charge is -2.09. The van der Waals surface area contributed by atoms with E-state index in [1.807, 2.05) is 6.92 Å². The molecule has 0 aliphatic heterocycles. The maximum Gasteiger partial charge on any atom is 0.271 e. The number of anilines is 1. The Bertz CT molecular complexity index is 1130. The number of sulfonamides is 1. The number of hydrazone groups is 1. The first-order chi connectivity index (χ1) is 13.8. The van der Waals surface area contributed by atoms with Crippen LogP contribution in [-0.4, -0.2) is 20.5 Å². The van der Waals surface area contributed by atoms with Crippen molar-refractivity contribution in [1.29, 1.82) is 0 Å². The molecular formula is C21H18ClN3O3S. The number of rotatable bonds is 6. The van der Waals surface area contributed by atoms with Gasteiger partial charge < -0.3 is 0 Å². The highest BCUT2D eigenvalue weighted by Gasteiger charge is 2.14. The van der Waals surface area contributed by atoms with Gasteiger partial charge in [-0.1, -0.05) is 41.4 Å². The average molecular weight is 428 g/mol. The van der Waals surface area contributed by atoms with Crippen molar-refractivity contribution in [3.05, 3.63) is 94.5 Å². The molecule has 0 saturated carbocycles. The molecule has 0 bridgehead atoms. The van der Waals surface area contributed by atoms with Gasteiger partial charge in [-0.25, -0.2) is 13.8 Å². The third kappa shape index (κ3) is 5.66. The van der Waals surface area contributed by atoms with Crippen LogP contribution in [0.2, 0.25) is 5.02 Å². The van der Waals surface area contributed by atoms with Crippen LogP contribution in [0, 0.1) is 6.92 Å². The van der Waals surface area contributed by atoms with Crippen molar-refractivity contribution in [2.75, 3.05) is 4.72 Å². The van der Waals surface area contributed by atoms with E-state index in [0.29, 0.717) is 16.3 Å². The maximum absolute atomic E-state index is 12.4. The number of carbonyl (C=O) groups excluding carboxylic acids is 1. The van der Waals surface area contributed by atoms with Gasteiger partial charge in [0, 0.05) is 16.3 Å². The third-order valence-electron chi connectivity index (χ3n) is 3.98. The third-order valence-corrected chi connectivity index (χ3v) is 5.63. The van der Waals surface area contributed by atoms with Crippen LogP contribution < -0.4 is 10.1 Å². The number of benzene rings is 3. The van der Waals surface area contributed by atoms with Crippen molar-refractivity contribution in [1.82, 2.24) is 5.43 Å². The zero-order valence-corrected chi connectivity index (χ0v) is 17.0. The number of aryl methyl sites for hydroxylation is 1. The van der Waals surface area contributed by atoms with Gasteiger partial charge in [-0.3, -0.25) is 9.52 Å². The Morgan fingerprint density at radius 2 is 1.55 bits per heavy atom. The standard InChI is InChI=1S/C21H18ClN3O3S/c1-15-2-12-20(13-3-15)29(27,28)25-19-10-6-17(7-11-19)21(26)24-23-14-16-4-8-18(22)9-5-16/h2-14,25H,1H3,(H,24,26)/b23-14+. The molecule has 0 aromatic heterocycles. The molecule has 3 aromatic carbocycles. The van der Waals surface area contributed by atoms with Crippen molar-refractivity contribution in [3.8, 4) is 0 Å². The normalized spacial score (nSPS) is 11.4. The molecule has 0 saturated heterocycles. The van der Waals surface area contributed by atoms with E-state index in [0.717, 1.165) is 11.1 Å². The Labute approximate surface area is 174 Å². The van der Waals surface area contributed by atoms with E-state index >= 15 is 0 Å². The van der Waals surface area contributed by atoms with Crippen molar-refractivity contribution < 1.29 is 13.2 Å². The summed E-state index contributed by atoms with van der Waals surface area (Å²) >= 11 is 5.81. The summed E-state index contributed by atoms with van der Waals surface area (Å²) in [5.41, 5.74) is 4.88. The van der Waals surface area contributed by atoms with Crippen molar-refractivity contribution in [2.24, 2.45) is 5.10 Å².